The molecule has 3 rings (SSSR count). The zero-order valence-corrected chi connectivity index (χ0v) is 8.00. The Hall–Kier alpha value is -0.120. The number of nitrogens with one attached hydrogen (secondary N) is 1. The van der Waals surface area contributed by atoms with Gasteiger partial charge in [-0.2, -0.15) is 0 Å². The topological polar surface area (TPSA) is 35.5 Å². The maximum Gasteiger partial charge on any atom is 0.0838 e. The quantitative estimate of drug-likeness (QED) is 0.621. The number of hydrogen-bond acceptors (Lipinski definition) is 3. The van der Waals surface area contributed by atoms with E-state index in [-0.39, 0.29) is 5.60 Å². The number of likely N-dealkylation sites (tertiary alicyclic amines) is 1. The van der Waals surface area contributed by atoms with Crippen molar-refractivity contribution in [3.63, 3.8) is 0 Å². The molecule has 2 saturated heterocycles. The molecule has 74 valence electrons. The van der Waals surface area contributed by atoms with Crippen LogP contribution in [0, 0.1) is 5.92 Å². The number of hydrogen-bond donors (Lipinski definition) is 2. The minimum atomic E-state index is -0.353. The van der Waals surface area contributed by atoms with Crippen molar-refractivity contribution in [2.24, 2.45) is 5.92 Å². The molecule has 3 fully saturated rings. The Morgan fingerprint density at radius 2 is 2.08 bits per heavy atom. The fourth-order valence-corrected chi connectivity index (χ4v) is 2.60. The summed E-state index contributed by atoms with van der Waals surface area (Å²) in [6.07, 6.45) is 3.72. The summed E-state index contributed by atoms with van der Waals surface area (Å²) in [5.41, 5.74) is -0.353. The van der Waals surface area contributed by atoms with Gasteiger partial charge in [-0.05, 0) is 19.3 Å². The van der Waals surface area contributed by atoms with E-state index in [1.807, 2.05) is 0 Å². The lowest BCUT2D eigenvalue weighted by Crippen LogP contribution is -2.57. The van der Waals surface area contributed by atoms with Gasteiger partial charge in [-0.3, -0.25) is 4.90 Å². The highest BCUT2D eigenvalue weighted by atomic mass is 16.3. The molecule has 0 spiro atoms. The molecule has 2 N–H and O–H groups in total. The van der Waals surface area contributed by atoms with Crippen molar-refractivity contribution in [2.75, 3.05) is 26.2 Å². The van der Waals surface area contributed by atoms with E-state index in [1.54, 1.807) is 0 Å². The Kier molecular flexibility index (Phi) is 1.70. The lowest BCUT2D eigenvalue weighted by Gasteiger charge is -2.39. The van der Waals surface area contributed by atoms with Gasteiger partial charge in [0.2, 0.25) is 0 Å². The minimum absolute atomic E-state index is 0.353. The highest BCUT2D eigenvalue weighted by molar-refractivity contribution is 5.03. The Bertz CT molecular complexity index is 213. The summed E-state index contributed by atoms with van der Waals surface area (Å²) in [6, 6.07) is 0.821. The monoisotopic (exact) mass is 182 g/mol. The van der Waals surface area contributed by atoms with Crippen molar-refractivity contribution in [2.45, 2.75) is 30.9 Å². The van der Waals surface area contributed by atoms with Gasteiger partial charge >= 0.3 is 0 Å². The number of aliphatic hydroxyl groups is 1. The fourth-order valence-electron chi connectivity index (χ4n) is 2.60. The molecule has 3 heteroatoms. The number of β-amino-alcohol motifs (C(OH)–C–C–N with tert-alkyl or cyclic N) is 1. The van der Waals surface area contributed by atoms with Crippen molar-refractivity contribution in [1.82, 2.24) is 10.2 Å². The molecule has 0 bridgehead atoms. The van der Waals surface area contributed by atoms with Crippen LogP contribution in [0.4, 0.5) is 0 Å². The van der Waals surface area contributed by atoms with Crippen molar-refractivity contribution >= 4 is 0 Å². The molecule has 1 aliphatic carbocycles. The molecule has 0 aromatic heterocycles. The average Bonchev–Trinajstić information content (AvgIpc) is 2.73. The molecule has 3 nitrogen and oxygen atoms in total. The highest BCUT2D eigenvalue weighted by Gasteiger charge is 2.47. The van der Waals surface area contributed by atoms with Gasteiger partial charge in [-0.25, -0.2) is 0 Å². The molecule has 0 aromatic rings. The summed E-state index contributed by atoms with van der Waals surface area (Å²) >= 11 is 0. The third-order valence-corrected chi connectivity index (χ3v) is 3.91. The van der Waals surface area contributed by atoms with Crippen LogP contribution in [0.25, 0.3) is 0 Å². The van der Waals surface area contributed by atoms with Gasteiger partial charge in [0, 0.05) is 38.1 Å². The second kappa shape index (κ2) is 2.69. The molecule has 3 aliphatic rings. The second-order valence-electron chi connectivity index (χ2n) is 4.91. The maximum atomic E-state index is 10.4. The van der Waals surface area contributed by atoms with Crippen LogP contribution in [0.1, 0.15) is 19.3 Å². The SMILES string of the molecule is OC1(C2CNC2)CCN(C2CC2)C1. The van der Waals surface area contributed by atoms with E-state index in [0.29, 0.717) is 5.92 Å². The van der Waals surface area contributed by atoms with Crippen molar-refractivity contribution < 1.29 is 5.11 Å². The standard InChI is InChI=1S/C10H18N2O/c13-10(8-5-11-6-8)3-4-12(7-10)9-1-2-9/h8-9,11,13H,1-7H2. The van der Waals surface area contributed by atoms with Crippen LogP contribution in [0.2, 0.25) is 0 Å². The molecular weight excluding hydrogens is 164 g/mol. The molecule has 1 atom stereocenters. The molecular formula is C10H18N2O. The smallest absolute Gasteiger partial charge is 0.0838 e. The van der Waals surface area contributed by atoms with Crippen molar-refractivity contribution in [3.8, 4) is 0 Å². The molecule has 13 heavy (non-hydrogen) atoms. The predicted molar refractivity (Wildman–Crippen MR) is 50.5 cm³/mol. The molecule has 0 aromatic carbocycles. The summed E-state index contributed by atoms with van der Waals surface area (Å²) in [5.74, 6) is 0.524. The second-order valence-corrected chi connectivity index (χ2v) is 4.91. The Morgan fingerprint density at radius 3 is 2.62 bits per heavy atom. The molecule has 0 amide bonds. The van der Waals surface area contributed by atoms with E-state index >= 15 is 0 Å². The Balaban J connectivity index is 1.64. The first kappa shape index (κ1) is 8.21. The third-order valence-electron chi connectivity index (χ3n) is 3.91. The summed E-state index contributed by atoms with van der Waals surface area (Å²) in [4.78, 5) is 2.48. The van der Waals surface area contributed by atoms with E-state index in [1.165, 1.54) is 12.8 Å². The molecule has 2 aliphatic heterocycles. The summed E-state index contributed by atoms with van der Waals surface area (Å²) in [6.45, 7) is 4.10. The fraction of sp³-hybridized carbons (Fsp3) is 1.00. The van der Waals surface area contributed by atoms with E-state index in [0.717, 1.165) is 38.6 Å². The predicted octanol–water partition coefficient (Wildman–Crippen LogP) is -0.195. The Labute approximate surface area is 79.1 Å². The maximum absolute atomic E-state index is 10.4. The van der Waals surface area contributed by atoms with Crippen LogP contribution in [-0.4, -0.2) is 47.8 Å². The molecule has 1 unspecified atom stereocenters. The largest absolute Gasteiger partial charge is 0.388 e. The van der Waals surface area contributed by atoms with Gasteiger partial charge in [-0.1, -0.05) is 0 Å². The van der Waals surface area contributed by atoms with Gasteiger partial charge in [0.25, 0.3) is 0 Å². The van der Waals surface area contributed by atoms with Crippen LogP contribution in [0.3, 0.4) is 0 Å². The van der Waals surface area contributed by atoms with Crippen LogP contribution in [0.5, 0.6) is 0 Å². The first-order chi connectivity index (χ1) is 6.28. The van der Waals surface area contributed by atoms with E-state index in [2.05, 4.69) is 10.2 Å². The van der Waals surface area contributed by atoms with Gasteiger partial charge in [-0.15, -0.1) is 0 Å². The third kappa shape index (κ3) is 1.30. The van der Waals surface area contributed by atoms with E-state index < -0.39 is 0 Å². The van der Waals surface area contributed by atoms with Crippen LogP contribution in [0.15, 0.2) is 0 Å². The lowest BCUT2D eigenvalue weighted by atomic mass is 9.82. The first-order valence-corrected chi connectivity index (χ1v) is 5.45. The van der Waals surface area contributed by atoms with E-state index in [9.17, 15) is 5.11 Å². The minimum Gasteiger partial charge on any atom is -0.388 e. The van der Waals surface area contributed by atoms with E-state index in [4.69, 9.17) is 0 Å². The number of nitrogens with zero attached hydrogens (tertiary/aromatic N) is 1. The van der Waals surface area contributed by atoms with Crippen LogP contribution < -0.4 is 5.32 Å². The highest BCUT2D eigenvalue weighted by Crippen LogP contribution is 2.37. The Morgan fingerprint density at radius 1 is 1.31 bits per heavy atom. The normalized spacial score (nSPS) is 42.2. The van der Waals surface area contributed by atoms with Crippen LogP contribution >= 0.6 is 0 Å². The molecule has 0 radical (unpaired) electrons. The molecule has 2 heterocycles. The zero-order chi connectivity index (χ0) is 8.89. The first-order valence-electron chi connectivity index (χ1n) is 5.45. The van der Waals surface area contributed by atoms with Crippen molar-refractivity contribution in [1.29, 1.82) is 0 Å². The van der Waals surface area contributed by atoms with Crippen molar-refractivity contribution in [3.05, 3.63) is 0 Å². The van der Waals surface area contributed by atoms with Gasteiger partial charge < -0.3 is 10.4 Å². The summed E-state index contributed by atoms with van der Waals surface area (Å²) in [5, 5.41) is 13.6. The summed E-state index contributed by atoms with van der Waals surface area (Å²) < 4.78 is 0. The average molecular weight is 182 g/mol. The van der Waals surface area contributed by atoms with Gasteiger partial charge in [0.15, 0.2) is 0 Å². The lowest BCUT2D eigenvalue weighted by molar-refractivity contribution is -0.0300. The van der Waals surface area contributed by atoms with Crippen LogP contribution in [-0.2, 0) is 0 Å². The van der Waals surface area contributed by atoms with Gasteiger partial charge in [0.05, 0.1) is 5.60 Å². The zero-order valence-electron chi connectivity index (χ0n) is 8.00. The number of rotatable bonds is 2. The summed E-state index contributed by atoms with van der Waals surface area (Å²) in [7, 11) is 0. The van der Waals surface area contributed by atoms with Gasteiger partial charge in [0.1, 0.15) is 0 Å². The molecule has 1 saturated carbocycles.